The monoisotopic (exact) mass is 272 g/mol. The van der Waals surface area contributed by atoms with Gasteiger partial charge in [-0.25, -0.2) is 0 Å². The van der Waals surface area contributed by atoms with Crippen molar-refractivity contribution in [2.45, 2.75) is 20.3 Å². The van der Waals surface area contributed by atoms with Gasteiger partial charge in [0.05, 0.1) is 0 Å². The number of carbonyl (C=O) groups is 1. The number of hydrogen-bond donors (Lipinski definition) is 2. The summed E-state index contributed by atoms with van der Waals surface area (Å²) >= 11 is 0. The van der Waals surface area contributed by atoms with E-state index < -0.39 is 0 Å². The van der Waals surface area contributed by atoms with Crippen LogP contribution in [-0.2, 0) is 4.79 Å². The second-order valence-electron chi connectivity index (χ2n) is 3.96. The lowest BCUT2D eigenvalue weighted by molar-refractivity contribution is -0.119. The molecule has 1 amide bonds. The number of anilines is 1. The van der Waals surface area contributed by atoms with Crippen LogP contribution >= 0.6 is 12.4 Å². The Kier molecular flexibility index (Phi) is 8.16. The first-order chi connectivity index (χ1) is 8.17. The van der Waals surface area contributed by atoms with Gasteiger partial charge < -0.3 is 15.8 Å². The molecule has 0 bridgehead atoms. The van der Waals surface area contributed by atoms with E-state index in [1.165, 1.54) is 0 Å². The van der Waals surface area contributed by atoms with Gasteiger partial charge >= 0.3 is 0 Å². The molecule has 1 unspecified atom stereocenters. The fourth-order valence-corrected chi connectivity index (χ4v) is 1.26. The molecule has 5 heteroatoms. The molecule has 4 nitrogen and oxygen atoms in total. The molecule has 0 fully saturated rings. The SMILES string of the molecule is CCC(C)C(=O)Nc1ccc(OCCN)cc1.Cl. The van der Waals surface area contributed by atoms with Crippen molar-refractivity contribution >= 4 is 24.0 Å². The summed E-state index contributed by atoms with van der Waals surface area (Å²) in [4.78, 5) is 11.6. The smallest absolute Gasteiger partial charge is 0.227 e. The maximum Gasteiger partial charge on any atom is 0.227 e. The molecule has 0 aliphatic heterocycles. The fraction of sp³-hybridized carbons (Fsp3) is 0.462. The highest BCUT2D eigenvalue weighted by molar-refractivity contribution is 5.92. The van der Waals surface area contributed by atoms with Gasteiger partial charge in [-0.05, 0) is 30.7 Å². The number of ether oxygens (including phenoxy) is 1. The van der Waals surface area contributed by atoms with E-state index in [-0.39, 0.29) is 24.2 Å². The molecule has 0 radical (unpaired) electrons. The van der Waals surface area contributed by atoms with E-state index in [9.17, 15) is 4.79 Å². The Balaban J connectivity index is 0.00000289. The zero-order valence-electron chi connectivity index (χ0n) is 10.8. The minimum absolute atomic E-state index is 0. The number of nitrogens with one attached hydrogen (secondary N) is 1. The number of benzene rings is 1. The molecule has 0 saturated heterocycles. The van der Waals surface area contributed by atoms with Crippen molar-refractivity contribution in [3.63, 3.8) is 0 Å². The van der Waals surface area contributed by atoms with Crippen molar-refractivity contribution < 1.29 is 9.53 Å². The lowest BCUT2D eigenvalue weighted by Gasteiger charge is -2.10. The third-order valence-electron chi connectivity index (χ3n) is 2.57. The molecule has 102 valence electrons. The lowest BCUT2D eigenvalue weighted by Crippen LogP contribution is -2.19. The van der Waals surface area contributed by atoms with Crippen molar-refractivity contribution in [3.8, 4) is 5.75 Å². The molecule has 1 aromatic rings. The van der Waals surface area contributed by atoms with Crippen molar-refractivity contribution in [3.05, 3.63) is 24.3 Å². The van der Waals surface area contributed by atoms with Crippen LogP contribution in [-0.4, -0.2) is 19.1 Å². The molecular formula is C13H21ClN2O2. The quantitative estimate of drug-likeness (QED) is 0.836. The summed E-state index contributed by atoms with van der Waals surface area (Å²) in [6.45, 7) is 4.90. The molecular weight excluding hydrogens is 252 g/mol. The van der Waals surface area contributed by atoms with Crippen LogP contribution in [0.15, 0.2) is 24.3 Å². The topological polar surface area (TPSA) is 64.3 Å². The third kappa shape index (κ3) is 5.38. The van der Waals surface area contributed by atoms with Gasteiger partial charge in [-0.1, -0.05) is 13.8 Å². The highest BCUT2D eigenvalue weighted by atomic mass is 35.5. The van der Waals surface area contributed by atoms with Gasteiger partial charge in [0.25, 0.3) is 0 Å². The van der Waals surface area contributed by atoms with E-state index in [4.69, 9.17) is 10.5 Å². The van der Waals surface area contributed by atoms with E-state index in [1.54, 1.807) is 0 Å². The van der Waals surface area contributed by atoms with Crippen molar-refractivity contribution in [1.29, 1.82) is 0 Å². The highest BCUT2D eigenvalue weighted by Crippen LogP contribution is 2.16. The third-order valence-corrected chi connectivity index (χ3v) is 2.57. The number of amides is 1. The number of halogens is 1. The van der Waals surface area contributed by atoms with Crippen LogP contribution < -0.4 is 15.8 Å². The van der Waals surface area contributed by atoms with E-state index in [0.29, 0.717) is 13.2 Å². The normalized spacial score (nSPS) is 11.3. The number of carbonyl (C=O) groups excluding carboxylic acids is 1. The van der Waals surface area contributed by atoms with Crippen molar-refractivity contribution in [1.82, 2.24) is 0 Å². The number of nitrogens with two attached hydrogens (primary N) is 1. The van der Waals surface area contributed by atoms with Crippen LogP contribution in [0.1, 0.15) is 20.3 Å². The molecule has 0 heterocycles. The minimum atomic E-state index is 0. The van der Waals surface area contributed by atoms with Gasteiger partial charge in [-0.15, -0.1) is 12.4 Å². The molecule has 0 spiro atoms. The Hall–Kier alpha value is -1.26. The van der Waals surface area contributed by atoms with Gasteiger partial charge in [-0.3, -0.25) is 4.79 Å². The van der Waals surface area contributed by atoms with Crippen LogP contribution in [0.25, 0.3) is 0 Å². The van der Waals surface area contributed by atoms with Gasteiger partial charge in [0.2, 0.25) is 5.91 Å². The van der Waals surface area contributed by atoms with E-state index in [1.807, 2.05) is 38.1 Å². The Morgan fingerprint density at radius 1 is 1.39 bits per heavy atom. The number of rotatable bonds is 6. The first-order valence-electron chi connectivity index (χ1n) is 5.91. The second-order valence-corrected chi connectivity index (χ2v) is 3.96. The molecule has 1 aromatic carbocycles. The maximum absolute atomic E-state index is 11.6. The predicted molar refractivity (Wildman–Crippen MR) is 76.3 cm³/mol. The summed E-state index contributed by atoms with van der Waals surface area (Å²) in [5.74, 6) is 0.836. The predicted octanol–water partition coefficient (Wildman–Crippen LogP) is 2.43. The Bertz CT molecular complexity index is 355. The van der Waals surface area contributed by atoms with E-state index in [2.05, 4.69) is 5.32 Å². The van der Waals surface area contributed by atoms with Crippen molar-refractivity contribution in [2.75, 3.05) is 18.5 Å². The second kappa shape index (κ2) is 8.78. The average Bonchev–Trinajstić information content (AvgIpc) is 2.37. The minimum Gasteiger partial charge on any atom is -0.492 e. The van der Waals surface area contributed by atoms with Crippen LogP contribution in [0.5, 0.6) is 5.75 Å². The Morgan fingerprint density at radius 2 is 2.00 bits per heavy atom. The molecule has 0 aromatic heterocycles. The van der Waals surface area contributed by atoms with E-state index >= 15 is 0 Å². The summed E-state index contributed by atoms with van der Waals surface area (Å²) in [5, 5.41) is 2.86. The largest absolute Gasteiger partial charge is 0.492 e. The zero-order valence-corrected chi connectivity index (χ0v) is 11.6. The summed E-state index contributed by atoms with van der Waals surface area (Å²) < 4.78 is 5.35. The molecule has 0 aliphatic carbocycles. The van der Waals surface area contributed by atoms with Gasteiger partial charge in [0, 0.05) is 18.2 Å². The maximum atomic E-state index is 11.6. The molecule has 1 rings (SSSR count). The first kappa shape index (κ1) is 16.7. The van der Waals surface area contributed by atoms with Crippen LogP contribution in [0.4, 0.5) is 5.69 Å². The zero-order chi connectivity index (χ0) is 12.7. The van der Waals surface area contributed by atoms with Gasteiger partial charge in [0.15, 0.2) is 0 Å². The standard InChI is InChI=1S/C13H20N2O2.ClH/c1-3-10(2)13(16)15-11-4-6-12(7-5-11)17-9-8-14;/h4-7,10H,3,8-9,14H2,1-2H3,(H,15,16);1H. The van der Waals surface area contributed by atoms with Crippen LogP contribution in [0, 0.1) is 5.92 Å². The molecule has 0 saturated carbocycles. The van der Waals surface area contributed by atoms with Gasteiger partial charge in [-0.2, -0.15) is 0 Å². The summed E-state index contributed by atoms with van der Waals surface area (Å²) in [6, 6.07) is 7.29. The molecule has 0 aliphatic rings. The Labute approximate surface area is 114 Å². The van der Waals surface area contributed by atoms with Crippen LogP contribution in [0.2, 0.25) is 0 Å². The molecule has 3 N–H and O–H groups in total. The highest BCUT2D eigenvalue weighted by Gasteiger charge is 2.10. The van der Waals surface area contributed by atoms with Crippen molar-refractivity contribution in [2.24, 2.45) is 11.7 Å². The first-order valence-corrected chi connectivity index (χ1v) is 5.91. The van der Waals surface area contributed by atoms with E-state index in [0.717, 1.165) is 17.9 Å². The van der Waals surface area contributed by atoms with Gasteiger partial charge in [0.1, 0.15) is 12.4 Å². The average molecular weight is 273 g/mol. The number of hydrogen-bond acceptors (Lipinski definition) is 3. The Morgan fingerprint density at radius 3 is 2.50 bits per heavy atom. The summed E-state index contributed by atoms with van der Waals surface area (Å²) in [6.07, 6.45) is 0.837. The summed E-state index contributed by atoms with van der Waals surface area (Å²) in [7, 11) is 0. The molecule has 1 atom stereocenters. The lowest BCUT2D eigenvalue weighted by atomic mass is 10.1. The summed E-state index contributed by atoms with van der Waals surface area (Å²) in [5.41, 5.74) is 6.13. The van der Waals surface area contributed by atoms with Crippen LogP contribution in [0.3, 0.4) is 0 Å². The molecule has 18 heavy (non-hydrogen) atoms. The fourth-order valence-electron chi connectivity index (χ4n) is 1.26.